The number of benzene rings is 4. The number of hydrogen-bond acceptors (Lipinski definition) is 4. The standard InChI is InChI=1S/2C19H16O2P.Fe/c2*1-21-19(20)17-13-8-14-18(17)22(15-9-4-2-5-10-15)16-11-6-3-7-12-16;/h2*2-14H,1H3;/q-5;-1;. The summed E-state index contributed by atoms with van der Waals surface area (Å²) in [5.41, 5.74) is 1.31. The Morgan fingerprint density at radius 3 is 1.47 bits per heavy atom. The number of rotatable bonds is 8. The van der Waals surface area contributed by atoms with Gasteiger partial charge in [0, 0.05) is 24.2 Å². The maximum Gasteiger partial charge on any atom is 0.281 e. The molecule has 0 radical (unpaired) electrons. The van der Waals surface area contributed by atoms with E-state index in [-0.39, 0.29) is 29.0 Å². The largest absolute Gasteiger partial charge is 0.673 e. The van der Waals surface area contributed by atoms with E-state index in [0.717, 1.165) is 10.6 Å². The number of hydrogen-bond donors (Lipinski definition) is 0. The maximum atomic E-state index is 12.1. The van der Waals surface area contributed by atoms with Crippen molar-refractivity contribution in [1.29, 1.82) is 0 Å². The fourth-order valence-electron chi connectivity index (χ4n) is 4.94. The molecular formula is C38H32FeO4P2-6. The summed E-state index contributed by atoms with van der Waals surface area (Å²) in [5.74, 6) is -0.557. The van der Waals surface area contributed by atoms with Crippen molar-refractivity contribution in [3.8, 4) is 0 Å². The summed E-state index contributed by atoms with van der Waals surface area (Å²) < 4.78 is 9.86. The zero-order valence-electron chi connectivity index (χ0n) is 24.9. The van der Waals surface area contributed by atoms with Crippen LogP contribution in [0.25, 0.3) is 0 Å². The summed E-state index contributed by atoms with van der Waals surface area (Å²) in [7, 11) is 1.31. The SMILES string of the molecule is COC(=O)[c-]1[cH-][cH-][cH-][c-]1P(c1ccccc1)c1ccccc1.COC(=O)[c-]1cccc1P(c1ccccc1)c1ccccc1.[Fe]. The second-order valence-corrected chi connectivity index (χ2v) is 14.0. The van der Waals surface area contributed by atoms with E-state index in [4.69, 9.17) is 9.47 Å². The molecule has 0 saturated heterocycles. The molecule has 0 aliphatic carbocycles. The molecule has 0 bridgehead atoms. The number of carbonyl (C=O) groups is 2. The second kappa shape index (κ2) is 16.8. The van der Waals surface area contributed by atoms with Crippen LogP contribution in [0.15, 0.2) is 158 Å². The third-order valence-corrected chi connectivity index (χ3v) is 11.9. The predicted octanol–water partition coefficient (Wildman–Crippen LogP) is 5.90. The first kappa shape index (κ1) is 33.8. The Bertz CT molecular complexity index is 1560. The number of esters is 2. The van der Waals surface area contributed by atoms with Gasteiger partial charge in [0.1, 0.15) is 0 Å². The third kappa shape index (κ3) is 8.14. The molecule has 0 fully saturated rings. The van der Waals surface area contributed by atoms with E-state index in [1.54, 1.807) is 0 Å². The molecule has 4 nitrogen and oxygen atoms in total. The van der Waals surface area contributed by atoms with Gasteiger partial charge in [0.25, 0.3) is 5.97 Å². The molecule has 45 heavy (non-hydrogen) atoms. The molecule has 6 rings (SSSR count). The Balaban J connectivity index is 0.000000200. The van der Waals surface area contributed by atoms with E-state index in [9.17, 15) is 9.59 Å². The first-order chi connectivity index (χ1) is 21.6. The molecule has 6 aromatic carbocycles. The van der Waals surface area contributed by atoms with Crippen molar-refractivity contribution >= 4 is 59.6 Å². The topological polar surface area (TPSA) is 52.6 Å². The van der Waals surface area contributed by atoms with Crippen molar-refractivity contribution in [2.45, 2.75) is 0 Å². The van der Waals surface area contributed by atoms with Gasteiger partial charge in [-0.1, -0.05) is 127 Å². The summed E-state index contributed by atoms with van der Waals surface area (Å²) >= 11 is 0. The summed E-state index contributed by atoms with van der Waals surface area (Å²) in [6, 6.07) is 52.8. The van der Waals surface area contributed by atoms with Crippen LogP contribution in [0.3, 0.4) is 0 Å². The quantitative estimate of drug-likeness (QED) is 0.0877. The van der Waals surface area contributed by atoms with Gasteiger partial charge >= 0.3 is 0 Å². The van der Waals surface area contributed by atoms with Crippen LogP contribution < -0.4 is 31.8 Å². The van der Waals surface area contributed by atoms with Crippen LogP contribution in [-0.2, 0) is 26.5 Å². The maximum absolute atomic E-state index is 12.1. The zero-order chi connectivity index (χ0) is 30.7. The summed E-state index contributed by atoms with van der Waals surface area (Å²) in [5, 5.41) is 6.97. The number of methoxy groups -OCH3 is 2. The molecule has 0 aliphatic heterocycles. The number of carbonyl (C=O) groups excluding carboxylic acids is 2. The fourth-order valence-corrected chi connectivity index (χ4v) is 9.81. The van der Waals surface area contributed by atoms with Gasteiger partial charge in [-0.15, -0.1) is 5.30 Å². The minimum absolute atomic E-state index is 0. The third-order valence-electron chi connectivity index (χ3n) is 6.94. The first-order valence-electron chi connectivity index (χ1n) is 14.1. The van der Waals surface area contributed by atoms with Gasteiger partial charge in [-0.2, -0.15) is 14.0 Å². The van der Waals surface area contributed by atoms with Gasteiger partial charge in [0.2, 0.25) is 0 Å². The zero-order valence-corrected chi connectivity index (χ0v) is 27.8. The minimum atomic E-state index is -0.769. The Hall–Kier alpha value is -4.10. The van der Waals surface area contributed by atoms with Crippen LogP contribution >= 0.6 is 15.8 Å². The molecule has 0 unspecified atom stereocenters. The minimum Gasteiger partial charge on any atom is -0.673 e. The van der Waals surface area contributed by atoms with E-state index in [0.29, 0.717) is 11.1 Å². The smallest absolute Gasteiger partial charge is 0.281 e. The molecule has 0 aliphatic rings. The fraction of sp³-hybridized carbons (Fsp3) is 0.0526. The second-order valence-electron chi connectivity index (χ2n) is 9.65. The van der Waals surface area contributed by atoms with E-state index >= 15 is 0 Å². The molecule has 6 aromatic rings. The Morgan fingerprint density at radius 1 is 0.578 bits per heavy atom. The van der Waals surface area contributed by atoms with Crippen LogP contribution in [0.4, 0.5) is 0 Å². The van der Waals surface area contributed by atoms with E-state index in [1.165, 1.54) is 35.4 Å². The summed E-state index contributed by atoms with van der Waals surface area (Å²) in [6.45, 7) is 0. The molecule has 0 amide bonds. The van der Waals surface area contributed by atoms with Crippen LogP contribution in [0.5, 0.6) is 0 Å². The molecule has 0 N–H and O–H groups in total. The van der Waals surface area contributed by atoms with Gasteiger partial charge in [-0.25, -0.2) is 12.1 Å². The Kier molecular flexibility index (Phi) is 12.6. The molecule has 0 atom stereocenters. The van der Waals surface area contributed by atoms with Crippen molar-refractivity contribution in [2.75, 3.05) is 14.2 Å². The molecular weight excluding hydrogens is 638 g/mol. The average Bonchev–Trinajstić information content (AvgIpc) is 3.77. The normalized spacial score (nSPS) is 10.4. The van der Waals surface area contributed by atoms with Crippen LogP contribution in [0, 0.1) is 0 Å². The summed E-state index contributed by atoms with van der Waals surface area (Å²) in [4.78, 5) is 24.1. The van der Waals surface area contributed by atoms with Gasteiger partial charge in [0.05, 0.1) is 7.11 Å². The summed E-state index contributed by atoms with van der Waals surface area (Å²) in [6.07, 6.45) is 0. The molecule has 232 valence electrons. The van der Waals surface area contributed by atoms with Crippen LogP contribution in [-0.4, -0.2) is 26.2 Å². The van der Waals surface area contributed by atoms with Crippen molar-refractivity contribution < 1.29 is 36.1 Å². The Morgan fingerprint density at radius 2 is 1.02 bits per heavy atom. The van der Waals surface area contributed by atoms with E-state index in [2.05, 4.69) is 48.5 Å². The van der Waals surface area contributed by atoms with Gasteiger partial charge in [-0.05, 0) is 34.7 Å². The first-order valence-corrected chi connectivity index (χ1v) is 16.8. The van der Waals surface area contributed by atoms with Crippen molar-refractivity contribution in [1.82, 2.24) is 0 Å². The van der Waals surface area contributed by atoms with Gasteiger partial charge in [-0.3, -0.25) is 4.79 Å². The van der Waals surface area contributed by atoms with Gasteiger partial charge in [0.15, 0.2) is 0 Å². The molecule has 0 heterocycles. The van der Waals surface area contributed by atoms with Crippen LogP contribution in [0.2, 0.25) is 0 Å². The molecule has 0 saturated carbocycles. The van der Waals surface area contributed by atoms with Gasteiger partial charge < -0.3 is 43.3 Å². The van der Waals surface area contributed by atoms with E-state index in [1.807, 2.05) is 109 Å². The molecule has 0 spiro atoms. The monoisotopic (exact) mass is 670 g/mol. The van der Waals surface area contributed by atoms with Crippen molar-refractivity contribution in [3.05, 3.63) is 169 Å². The number of ether oxygens (including phenoxy) is 2. The predicted molar refractivity (Wildman–Crippen MR) is 184 cm³/mol. The van der Waals surface area contributed by atoms with E-state index < -0.39 is 15.8 Å². The van der Waals surface area contributed by atoms with Crippen LogP contribution in [0.1, 0.15) is 20.7 Å². The average molecular weight is 670 g/mol. The van der Waals surface area contributed by atoms with Crippen molar-refractivity contribution in [2.24, 2.45) is 0 Å². The molecule has 0 aromatic heterocycles. The molecule has 7 heteroatoms. The van der Waals surface area contributed by atoms with Crippen molar-refractivity contribution in [3.63, 3.8) is 0 Å². The Labute approximate surface area is 277 Å².